The van der Waals surface area contributed by atoms with Crippen LogP contribution in [0.2, 0.25) is 5.02 Å². The summed E-state index contributed by atoms with van der Waals surface area (Å²) in [7, 11) is 0. The topological polar surface area (TPSA) is 49.3 Å². The van der Waals surface area contributed by atoms with Gasteiger partial charge in [0, 0.05) is 11.8 Å². The second-order valence-corrected chi connectivity index (χ2v) is 5.02. The summed E-state index contributed by atoms with van der Waals surface area (Å²) in [6.45, 7) is 2.10. The Morgan fingerprint density at radius 2 is 2.29 bits per heavy atom. The monoisotopic (exact) mass is 273 g/mol. The zero-order valence-corrected chi connectivity index (χ0v) is 11.4. The Kier molecular flexibility index (Phi) is 5.65. The molecule has 0 amide bonds. The SMILES string of the molecule is CCC(CSC)Nc1ccc(C(=O)O)cc1Cl. The highest BCUT2D eigenvalue weighted by Crippen LogP contribution is 2.24. The molecule has 0 saturated carbocycles. The molecule has 0 radical (unpaired) electrons. The van der Waals surface area contributed by atoms with Crippen molar-refractivity contribution in [2.75, 3.05) is 17.3 Å². The lowest BCUT2D eigenvalue weighted by molar-refractivity contribution is 0.0697. The average Bonchev–Trinajstić information content (AvgIpc) is 2.30. The van der Waals surface area contributed by atoms with Crippen LogP contribution < -0.4 is 5.32 Å². The van der Waals surface area contributed by atoms with Gasteiger partial charge in [-0.25, -0.2) is 4.79 Å². The van der Waals surface area contributed by atoms with Crippen molar-refractivity contribution in [1.29, 1.82) is 0 Å². The summed E-state index contributed by atoms with van der Waals surface area (Å²) in [4.78, 5) is 10.8. The van der Waals surface area contributed by atoms with Crippen LogP contribution in [-0.2, 0) is 0 Å². The minimum atomic E-state index is -0.963. The van der Waals surface area contributed by atoms with Crippen LogP contribution in [0.15, 0.2) is 18.2 Å². The van der Waals surface area contributed by atoms with E-state index in [-0.39, 0.29) is 5.56 Å². The predicted octanol–water partition coefficient (Wildman–Crippen LogP) is 3.59. The van der Waals surface area contributed by atoms with E-state index in [2.05, 4.69) is 18.5 Å². The minimum Gasteiger partial charge on any atom is -0.478 e. The number of hydrogen-bond donors (Lipinski definition) is 2. The Morgan fingerprint density at radius 1 is 1.59 bits per heavy atom. The summed E-state index contributed by atoms with van der Waals surface area (Å²) in [5.74, 6) is 0.0302. The van der Waals surface area contributed by atoms with Crippen molar-refractivity contribution in [3.63, 3.8) is 0 Å². The maximum Gasteiger partial charge on any atom is 0.335 e. The third kappa shape index (κ3) is 4.13. The molecule has 0 heterocycles. The third-order valence-electron chi connectivity index (χ3n) is 2.44. The summed E-state index contributed by atoms with van der Waals surface area (Å²) in [5, 5.41) is 12.6. The van der Waals surface area contributed by atoms with Crippen LogP contribution in [0.4, 0.5) is 5.69 Å². The Labute approximate surface area is 111 Å². The van der Waals surface area contributed by atoms with Crippen molar-refractivity contribution < 1.29 is 9.90 Å². The van der Waals surface area contributed by atoms with Gasteiger partial charge in [-0.3, -0.25) is 0 Å². The van der Waals surface area contributed by atoms with E-state index in [9.17, 15) is 4.79 Å². The number of benzene rings is 1. The first-order chi connectivity index (χ1) is 8.08. The molecule has 1 atom stereocenters. The first-order valence-corrected chi connectivity index (χ1v) is 7.14. The lowest BCUT2D eigenvalue weighted by Gasteiger charge is -2.18. The first-order valence-electron chi connectivity index (χ1n) is 5.36. The van der Waals surface area contributed by atoms with Crippen LogP contribution in [0.5, 0.6) is 0 Å². The highest BCUT2D eigenvalue weighted by atomic mass is 35.5. The molecule has 0 aliphatic rings. The summed E-state index contributed by atoms with van der Waals surface area (Å²) in [6, 6.07) is 5.09. The van der Waals surface area contributed by atoms with Gasteiger partial charge < -0.3 is 10.4 Å². The van der Waals surface area contributed by atoms with Crippen molar-refractivity contribution in [3.05, 3.63) is 28.8 Å². The third-order valence-corrected chi connectivity index (χ3v) is 3.48. The number of aromatic carboxylic acids is 1. The standard InChI is InChI=1S/C12H16ClNO2S/c1-3-9(7-17-2)14-11-5-4-8(12(15)16)6-10(11)13/h4-6,9,14H,3,7H2,1-2H3,(H,15,16). The van der Waals surface area contributed by atoms with Crippen LogP contribution in [0, 0.1) is 0 Å². The van der Waals surface area contributed by atoms with E-state index in [0.717, 1.165) is 17.9 Å². The van der Waals surface area contributed by atoms with Crippen molar-refractivity contribution in [1.82, 2.24) is 0 Å². The number of anilines is 1. The molecule has 17 heavy (non-hydrogen) atoms. The van der Waals surface area contributed by atoms with Crippen LogP contribution in [0.25, 0.3) is 0 Å². The molecule has 3 nitrogen and oxygen atoms in total. The van der Waals surface area contributed by atoms with Crippen LogP contribution >= 0.6 is 23.4 Å². The maximum atomic E-state index is 10.8. The second-order valence-electron chi connectivity index (χ2n) is 3.70. The molecule has 5 heteroatoms. The van der Waals surface area contributed by atoms with Gasteiger partial charge in [-0.2, -0.15) is 11.8 Å². The minimum absolute atomic E-state index is 0.207. The fraction of sp³-hybridized carbons (Fsp3) is 0.417. The zero-order chi connectivity index (χ0) is 12.8. The van der Waals surface area contributed by atoms with Gasteiger partial charge >= 0.3 is 5.97 Å². The fourth-order valence-corrected chi connectivity index (χ4v) is 2.40. The Morgan fingerprint density at radius 3 is 2.76 bits per heavy atom. The van der Waals surface area contributed by atoms with Crippen molar-refractivity contribution >= 4 is 35.0 Å². The molecule has 94 valence electrons. The van der Waals surface area contributed by atoms with Crippen LogP contribution in [0.3, 0.4) is 0 Å². The first kappa shape index (κ1) is 14.2. The fourth-order valence-electron chi connectivity index (χ4n) is 1.45. The second kappa shape index (κ2) is 6.77. The highest BCUT2D eigenvalue weighted by molar-refractivity contribution is 7.98. The molecule has 0 aliphatic carbocycles. The van der Waals surface area contributed by atoms with E-state index in [1.807, 2.05) is 0 Å². The van der Waals surface area contributed by atoms with Crippen molar-refractivity contribution in [2.45, 2.75) is 19.4 Å². The highest BCUT2D eigenvalue weighted by Gasteiger charge is 2.10. The predicted molar refractivity (Wildman–Crippen MR) is 74.5 cm³/mol. The van der Waals surface area contributed by atoms with E-state index in [1.54, 1.807) is 23.9 Å². The smallest absolute Gasteiger partial charge is 0.335 e. The summed E-state index contributed by atoms with van der Waals surface area (Å²) < 4.78 is 0. The molecule has 1 rings (SSSR count). The van der Waals surface area contributed by atoms with Gasteiger partial charge in [-0.1, -0.05) is 18.5 Å². The van der Waals surface area contributed by atoms with Gasteiger partial charge in [0.25, 0.3) is 0 Å². The van der Waals surface area contributed by atoms with E-state index >= 15 is 0 Å². The van der Waals surface area contributed by atoms with Crippen molar-refractivity contribution in [3.8, 4) is 0 Å². The Bertz CT molecular complexity index is 398. The number of carboxylic acid groups (broad SMARTS) is 1. The average molecular weight is 274 g/mol. The molecule has 0 fully saturated rings. The Balaban J connectivity index is 2.81. The van der Waals surface area contributed by atoms with E-state index in [1.165, 1.54) is 6.07 Å². The summed E-state index contributed by atoms with van der Waals surface area (Å²) in [6.07, 6.45) is 3.05. The molecule has 0 saturated heterocycles. The lowest BCUT2D eigenvalue weighted by Crippen LogP contribution is -2.21. The molecular weight excluding hydrogens is 258 g/mol. The molecule has 0 aliphatic heterocycles. The normalized spacial score (nSPS) is 12.2. The van der Waals surface area contributed by atoms with Crippen LogP contribution in [0.1, 0.15) is 23.7 Å². The number of rotatable bonds is 6. The van der Waals surface area contributed by atoms with Gasteiger partial charge in [0.15, 0.2) is 0 Å². The van der Waals surface area contributed by atoms with Crippen molar-refractivity contribution in [2.24, 2.45) is 0 Å². The summed E-state index contributed by atoms with van der Waals surface area (Å²) in [5.41, 5.74) is 0.996. The van der Waals surface area contributed by atoms with Gasteiger partial charge in [0.2, 0.25) is 0 Å². The molecule has 1 aromatic carbocycles. The molecule has 1 aromatic rings. The summed E-state index contributed by atoms with van der Waals surface area (Å²) >= 11 is 7.81. The lowest BCUT2D eigenvalue weighted by atomic mass is 10.2. The number of halogens is 1. The van der Waals surface area contributed by atoms with Gasteiger partial charge in [0.1, 0.15) is 0 Å². The molecule has 0 bridgehead atoms. The zero-order valence-electron chi connectivity index (χ0n) is 9.87. The molecule has 2 N–H and O–H groups in total. The number of thioether (sulfide) groups is 1. The maximum absolute atomic E-state index is 10.8. The van der Waals surface area contributed by atoms with E-state index < -0.39 is 5.97 Å². The number of hydrogen-bond acceptors (Lipinski definition) is 3. The number of nitrogens with one attached hydrogen (secondary N) is 1. The Hall–Kier alpha value is -0.870. The number of carboxylic acids is 1. The largest absolute Gasteiger partial charge is 0.478 e. The molecule has 0 spiro atoms. The van der Waals surface area contributed by atoms with E-state index in [4.69, 9.17) is 16.7 Å². The number of carbonyl (C=O) groups is 1. The van der Waals surface area contributed by atoms with E-state index in [0.29, 0.717) is 11.1 Å². The van der Waals surface area contributed by atoms with Gasteiger partial charge in [-0.15, -0.1) is 0 Å². The molecule has 0 aromatic heterocycles. The molecular formula is C12H16ClNO2S. The molecule has 1 unspecified atom stereocenters. The van der Waals surface area contributed by atoms with Gasteiger partial charge in [0.05, 0.1) is 16.3 Å². The van der Waals surface area contributed by atoms with Crippen LogP contribution in [-0.4, -0.2) is 29.1 Å². The quantitative estimate of drug-likeness (QED) is 0.832. The van der Waals surface area contributed by atoms with Gasteiger partial charge in [-0.05, 0) is 30.9 Å².